The van der Waals surface area contributed by atoms with Gasteiger partial charge in [0, 0.05) is 0 Å². The highest BCUT2D eigenvalue weighted by Crippen LogP contribution is 2.31. The van der Waals surface area contributed by atoms with Crippen LogP contribution < -0.4 is 0 Å². The van der Waals surface area contributed by atoms with Crippen LogP contribution >= 0.6 is 21.6 Å². The van der Waals surface area contributed by atoms with Crippen molar-refractivity contribution in [2.75, 3.05) is 0 Å². The monoisotopic (exact) mass is 236 g/mol. The Bertz CT molecular complexity index is 199. The Labute approximate surface area is 91.3 Å². The molecule has 0 radical (unpaired) electrons. The van der Waals surface area contributed by atoms with Gasteiger partial charge in [-0.25, -0.2) is 0 Å². The van der Waals surface area contributed by atoms with Gasteiger partial charge in [0.05, 0.1) is 15.4 Å². The molecule has 0 bridgehead atoms. The van der Waals surface area contributed by atoms with E-state index in [1.54, 1.807) is 27.0 Å². The van der Waals surface area contributed by atoms with Gasteiger partial charge in [-0.3, -0.25) is 4.21 Å². The minimum absolute atomic E-state index is 0.206. The van der Waals surface area contributed by atoms with Crippen molar-refractivity contribution < 1.29 is 4.21 Å². The second-order valence-corrected chi connectivity index (χ2v) is 6.48. The first kappa shape index (κ1) is 13.3. The first-order chi connectivity index (χ1) is 6.26. The maximum absolute atomic E-state index is 11.5. The molecule has 0 aliphatic heterocycles. The van der Waals surface area contributed by atoms with E-state index in [0.717, 1.165) is 6.42 Å². The third-order valence-electron chi connectivity index (χ3n) is 1.22. The summed E-state index contributed by atoms with van der Waals surface area (Å²) in [5.41, 5.74) is 0. The molecule has 0 aromatic rings. The summed E-state index contributed by atoms with van der Waals surface area (Å²) in [6, 6.07) is 0. The first-order valence-electron chi connectivity index (χ1n) is 4.21. The van der Waals surface area contributed by atoms with Crippen molar-refractivity contribution in [2.45, 2.75) is 31.8 Å². The first-order valence-corrected chi connectivity index (χ1v) is 7.77. The predicted molar refractivity (Wildman–Crippen MR) is 67.0 cm³/mol. The lowest BCUT2D eigenvalue weighted by Crippen LogP contribution is -2.04. The van der Waals surface area contributed by atoms with E-state index in [-0.39, 0.29) is 4.58 Å². The Morgan fingerprint density at radius 2 is 2.08 bits per heavy atom. The molecule has 0 N–H and O–H groups in total. The van der Waals surface area contributed by atoms with Gasteiger partial charge in [-0.2, -0.15) is 0 Å². The minimum Gasteiger partial charge on any atom is -0.254 e. The van der Waals surface area contributed by atoms with E-state index in [1.807, 2.05) is 31.4 Å². The molecule has 0 saturated carbocycles. The molecule has 1 nitrogen and oxygen atoms in total. The van der Waals surface area contributed by atoms with Crippen LogP contribution in [0, 0.1) is 0 Å². The Balaban J connectivity index is 3.94. The van der Waals surface area contributed by atoms with Gasteiger partial charge >= 0.3 is 0 Å². The summed E-state index contributed by atoms with van der Waals surface area (Å²) < 4.78 is 11.7. The molecule has 0 aromatic heterocycles. The Morgan fingerprint density at radius 3 is 2.54 bits per heavy atom. The second-order valence-electron chi connectivity index (χ2n) is 2.30. The highest BCUT2D eigenvalue weighted by Gasteiger charge is 2.11. The van der Waals surface area contributed by atoms with Gasteiger partial charge in [0.1, 0.15) is 0 Å². The van der Waals surface area contributed by atoms with Gasteiger partial charge in [0.15, 0.2) is 0 Å². The molecule has 0 aliphatic carbocycles. The number of hydrogen-bond acceptors (Lipinski definition) is 3. The van der Waals surface area contributed by atoms with E-state index in [2.05, 4.69) is 6.92 Å². The molecule has 0 aromatic carbocycles. The molecule has 2 atom stereocenters. The Hall–Kier alpha value is 0.330. The number of rotatable bonds is 6. The maximum atomic E-state index is 11.5. The van der Waals surface area contributed by atoms with E-state index >= 15 is 0 Å². The molecule has 0 fully saturated rings. The van der Waals surface area contributed by atoms with Gasteiger partial charge in [-0.15, -0.1) is 0 Å². The SMILES string of the molecule is C/C=C\S(=O)C(CC)SS/C=C/C. The van der Waals surface area contributed by atoms with Gasteiger partial charge < -0.3 is 0 Å². The van der Waals surface area contributed by atoms with Gasteiger partial charge in [0.2, 0.25) is 0 Å². The fourth-order valence-corrected chi connectivity index (χ4v) is 4.76. The van der Waals surface area contributed by atoms with Crippen molar-refractivity contribution in [1.82, 2.24) is 0 Å². The predicted octanol–water partition coefficient (Wildman–Crippen LogP) is 3.92. The fourth-order valence-electron chi connectivity index (χ4n) is 0.642. The Kier molecular flexibility index (Phi) is 9.13. The molecule has 2 unspecified atom stereocenters. The van der Waals surface area contributed by atoms with Gasteiger partial charge in [-0.05, 0) is 31.1 Å². The second kappa shape index (κ2) is 8.91. The fraction of sp³-hybridized carbons (Fsp3) is 0.556. The van der Waals surface area contributed by atoms with Crippen LogP contribution in [0.5, 0.6) is 0 Å². The summed E-state index contributed by atoms with van der Waals surface area (Å²) in [6.45, 7) is 5.95. The van der Waals surface area contributed by atoms with Gasteiger partial charge in [-0.1, -0.05) is 40.7 Å². The molecular weight excluding hydrogens is 220 g/mol. The molecule has 76 valence electrons. The highest BCUT2D eigenvalue weighted by molar-refractivity contribution is 8.79. The molecule has 4 heteroatoms. The average Bonchev–Trinajstić information content (AvgIpc) is 2.13. The van der Waals surface area contributed by atoms with E-state index in [0.29, 0.717) is 0 Å². The molecule has 0 aliphatic rings. The molecule has 0 amide bonds. The van der Waals surface area contributed by atoms with Crippen molar-refractivity contribution >= 4 is 32.4 Å². The average molecular weight is 236 g/mol. The van der Waals surface area contributed by atoms with E-state index in [9.17, 15) is 4.21 Å². The zero-order chi connectivity index (χ0) is 10.1. The van der Waals surface area contributed by atoms with Crippen LogP contribution in [0.3, 0.4) is 0 Å². The highest BCUT2D eigenvalue weighted by atomic mass is 33.1. The minimum atomic E-state index is -0.834. The maximum Gasteiger partial charge on any atom is 0.0945 e. The Morgan fingerprint density at radius 1 is 1.38 bits per heavy atom. The number of hydrogen-bond donors (Lipinski definition) is 0. The molecule has 0 heterocycles. The summed E-state index contributed by atoms with van der Waals surface area (Å²) >= 11 is 0. The lowest BCUT2D eigenvalue weighted by Gasteiger charge is -2.08. The number of allylic oxidation sites excluding steroid dienone is 2. The van der Waals surface area contributed by atoms with Crippen molar-refractivity contribution in [3.05, 3.63) is 23.0 Å². The summed E-state index contributed by atoms with van der Waals surface area (Å²) in [4.78, 5) is 0. The van der Waals surface area contributed by atoms with E-state index in [1.165, 1.54) is 0 Å². The third-order valence-corrected chi connectivity index (χ3v) is 6.24. The standard InChI is InChI=1S/C9H16OS3/c1-4-7-11-12-9(6-3)13(10)8-5-2/h4-5,7-9H,6H2,1-3H3/b7-4+,8-5-. The summed E-state index contributed by atoms with van der Waals surface area (Å²) in [5.74, 6) is 0. The lowest BCUT2D eigenvalue weighted by atomic mass is 10.6. The zero-order valence-electron chi connectivity index (χ0n) is 8.23. The van der Waals surface area contributed by atoms with Crippen LogP contribution in [0.15, 0.2) is 23.0 Å². The third kappa shape index (κ3) is 6.41. The zero-order valence-corrected chi connectivity index (χ0v) is 10.7. The summed E-state index contributed by atoms with van der Waals surface area (Å²) in [5, 5.41) is 3.78. The van der Waals surface area contributed by atoms with Crippen molar-refractivity contribution in [1.29, 1.82) is 0 Å². The van der Waals surface area contributed by atoms with Crippen LogP contribution in [0.1, 0.15) is 27.2 Å². The molecule has 0 spiro atoms. The van der Waals surface area contributed by atoms with Crippen LogP contribution in [0.25, 0.3) is 0 Å². The van der Waals surface area contributed by atoms with Crippen LogP contribution in [-0.4, -0.2) is 8.79 Å². The molecule has 0 rings (SSSR count). The van der Waals surface area contributed by atoms with Crippen LogP contribution in [-0.2, 0) is 10.8 Å². The van der Waals surface area contributed by atoms with Crippen molar-refractivity contribution in [3.8, 4) is 0 Å². The topological polar surface area (TPSA) is 17.1 Å². The van der Waals surface area contributed by atoms with E-state index in [4.69, 9.17) is 0 Å². The largest absolute Gasteiger partial charge is 0.254 e. The quantitative estimate of drug-likeness (QED) is 0.651. The van der Waals surface area contributed by atoms with Crippen LogP contribution in [0.2, 0.25) is 0 Å². The van der Waals surface area contributed by atoms with Crippen LogP contribution in [0.4, 0.5) is 0 Å². The normalized spacial score (nSPS) is 16.8. The van der Waals surface area contributed by atoms with Crippen molar-refractivity contribution in [2.24, 2.45) is 0 Å². The smallest absolute Gasteiger partial charge is 0.0945 e. The van der Waals surface area contributed by atoms with E-state index < -0.39 is 10.8 Å². The molecular formula is C9H16OS3. The summed E-state index contributed by atoms with van der Waals surface area (Å²) in [6.07, 6.45) is 4.77. The molecule has 13 heavy (non-hydrogen) atoms. The van der Waals surface area contributed by atoms with Gasteiger partial charge in [0.25, 0.3) is 0 Å². The lowest BCUT2D eigenvalue weighted by molar-refractivity contribution is 0.685. The summed E-state index contributed by atoms with van der Waals surface area (Å²) in [7, 11) is 2.49. The van der Waals surface area contributed by atoms with Crippen molar-refractivity contribution in [3.63, 3.8) is 0 Å². The molecule has 0 saturated heterocycles.